The number of benzene rings is 1. The van der Waals surface area contributed by atoms with Gasteiger partial charge in [0.1, 0.15) is 0 Å². The number of aliphatic hydroxyl groups excluding tert-OH is 1. The van der Waals surface area contributed by atoms with E-state index in [1.54, 1.807) is 10.7 Å². The first-order chi connectivity index (χ1) is 11.5. The summed E-state index contributed by atoms with van der Waals surface area (Å²) in [7, 11) is 4.02. The van der Waals surface area contributed by atoms with Gasteiger partial charge in [0.05, 0.1) is 29.7 Å². The van der Waals surface area contributed by atoms with Gasteiger partial charge in [0, 0.05) is 25.3 Å². The van der Waals surface area contributed by atoms with Crippen molar-refractivity contribution < 1.29 is 5.11 Å². The van der Waals surface area contributed by atoms with Crippen molar-refractivity contribution in [3.8, 4) is 11.3 Å². The van der Waals surface area contributed by atoms with Gasteiger partial charge in [-0.1, -0.05) is 19.1 Å². The van der Waals surface area contributed by atoms with Gasteiger partial charge in [-0.15, -0.1) is 0 Å². The molecule has 126 valence electrons. The third kappa shape index (κ3) is 2.74. The van der Waals surface area contributed by atoms with E-state index in [0.29, 0.717) is 12.1 Å². The Kier molecular flexibility index (Phi) is 4.26. The maximum absolute atomic E-state index is 9.64. The highest BCUT2D eigenvalue weighted by Crippen LogP contribution is 2.25. The molecule has 0 aliphatic carbocycles. The minimum Gasteiger partial charge on any atom is -0.394 e. The first-order valence-electron chi connectivity index (χ1n) is 8.01. The number of fused-ring (bicyclic) bond motifs is 1. The highest BCUT2D eigenvalue weighted by molar-refractivity contribution is 5.65. The topological polar surface area (TPSA) is 79.7 Å². The largest absolute Gasteiger partial charge is 0.394 e. The monoisotopic (exact) mass is 325 g/mol. The Morgan fingerprint density at radius 3 is 2.46 bits per heavy atom. The second-order valence-electron chi connectivity index (χ2n) is 6.24. The average Bonchev–Trinajstić information content (AvgIpc) is 3.04. The van der Waals surface area contributed by atoms with E-state index in [2.05, 4.69) is 39.2 Å². The second kappa shape index (κ2) is 6.22. The Bertz CT molecular complexity index is 834. The van der Waals surface area contributed by atoms with Crippen LogP contribution in [-0.2, 0) is 5.54 Å². The van der Waals surface area contributed by atoms with Crippen LogP contribution in [0.15, 0.2) is 42.6 Å². The average molecular weight is 325 g/mol. The van der Waals surface area contributed by atoms with Crippen LogP contribution in [0, 0.1) is 0 Å². The maximum atomic E-state index is 9.64. The van der Waals surface area contributed by atoms with E-state index in [4.69, 9.17) is 5.73 Å². The Morgan fingerprint density at radius 1 is 1.17 bits per heavy atom. The lowest BCUT2D eigenvalue weighted by Crippen LogP contribution is -2.41. The van der Waals surface area contributed by atoms with Gasteiger partial charge in [-0.2, -0.15) is 5.10 Å². The number of rotatable bonds is 5. The van der Waals surface area contributed by atoms with E-state index in [1.165, 1.54) is 0 Å². The van der Waals surface area contributed by atoms with Crippen LogP contribution in [0.25, 0.3) is 16.9 Å². The zero-order valence-corrected chi connectivity index (χ0v) is 14.3. The third-order valence-electron chi connectivity index (χ3n) is 4.46. The van der Waals surface area contributed by atoms with Crippen LogP contribution in [0.3, 0.4) is 0 Å². The van der Waals surface area contributed by atoms with Gasteiger partial charge in [-0.25, -0.2) is 9.50 Å². The maximum Gasteiger partial charge on any atom is 0.154 e. The van der Waals surface area contributed by atoms with Crippen LogP contribution in [0.5, 0.6) is 0 Å². The molecule has 0 bridgehead atoms. The summed E-state index contributed by atoms with van der Waals surface area (Å²) in [4.78, 5) is 6.47. The molecule has 2 aromatic heterocycles. The van der Waals surface area contributed by atoms with E-state index < -0.39 is 5.54 Å². The zero-order valence-electron chi connectivity index (χ0n) is 14.3. The molecule has 24 heavy (non-hydrogen) atoms. The number of aliphatic hydroxyl groups is 1. The van der Waals surface area contributed by atoms with Gasteiger partial charge < -0.3 is 15.7 Å². The molecule has 0 aliphatic rings. The van der Waals surface area contributed by atoms with E-state index >= 15 is 0 Å². The molecule has 0 radical (unpaired) electrons. The fourth-order valence-electron chi connectivity index (χ4n) is 2.64. The quantitative estimate of drug-likeness (QED) is 0.750. The lowest BCUT2D eigenvalue weighted by Gasteiger charge is -2.24. The normalized spacial score (nSPS) is 13.9. The number of anilines is 1. The van der Waals surface area contributed by atoms with Gasteiger partial charge >= 0.3 is 0 Å². The minimum absolute atomic E-state index is 0.149. The summed E-state index contributed by atoms with van der Waals surface area (Å²) in [6.07, 6.45) is 2.41. The van der Waals surface area contributed by atoms with Crippen LogP contribution in [0.2, 0.25) is 0 Å². The molecule has 0 aliphatic heterocycles. The Morgan fingerprint density at radius 2 is 1.88 bits per heavy atom. The summed E-state index contributed by atoms with van der Waals surface area (Å²) in [5, 5.41) is 14.3. The molecule has 0 saturated heterocycles. The fraction of sp³-hybridized carbons (Fsp3) is 0.333. The lowest BCUT2D eigenvalue weighted by molar-refractivity contribution is 0.187. The van der Waals surface area contributed by atoms with Crippen LogP contribution < -0.4 is 10.6 Å². The molecule has 1 atom stereocenters. The number of nitrogens with two attached hydrogens (primary N) is 1. The molecule has 0 amide bonds. The van der Waals surface area contributed by atoms with Crippen molar-refractivity contribution in [1.29, 1.82) is 0 Å². The van der Waals surface area contributed by atoms with Gasteiger partial charge in [-0.05, 0) is 30.7 Å². The highest BCUT2D eigenvalue weighted by atomic mass is 16.3. The predicted molar refractivity (Wildman–Crippen MR) is 96.0 cm³/mol. The SMILES string of the molecule is CCC(N)(CO)c1ccc2ncc(-c3ccc(N(C)C)cc3)n2n1. The summed E-state index contributed by atoms with van der Waals surface area (Å²) < 4.78 is 1.78. The van der Waals surface area contributed by atoms with Crippen molar-refractivity contribution in [2.24, 2.45) is 5.73 Å². The first kappa shape index (κ1) is 16.4. The number of aromatic nitrogens is 3. The van der Waals surface area contributed by atoms with Crippen molar-refractivity contribution in [2.75, 3.05) is 25.6 Å². The van der Waals surface area contributed by atoms with Gasteiger partial charge in [0.2, 0.25) is 0 Å². The number of hydrogen-bond donors (Lipinski definition) is 2. The van der Waals surface area contributed by atoms with Crippen molar-refractivity contribution in [3.63, 3.8) is 0 Å². The van der Waals surface area contributed by atoms with Crippen LogP contribution in [0.1, 0.15) is 19.0 Å². The van der Waals surface area contributed by atoms with Crippen molar-refractivity contribution in [3.05, 3.63) is 48.3 Å². The molecule has 0 saturated carbocycles. The molecule has 3 N–H and O–H groups in total. The molecule has 3 aromatic rings. The fourth-order valence-corrected chi connectivity index (χ4v) is 2.64. The Balaban J connectivity index is 2.09. The molecule has 0 fully saturated rings. The second-order valence-corrected chi connectivity index (χ2v) is 6.24. The number of hydrogen-bond acceptors (Lipinski definition) is 5. The van der Waals surface area contributed by atoms with Crippen LogP contribution in [0.4, 0.5) is 5.69 Å². The molecule has 1 unspecified atom stereocenters. The molecular formula is C18H23N5O. The van der Waals surface area contributed by atoms with Crippen LogP contribution >= 0.6 is 0 Å². The molecule has 3 rings (SSSR count). The van der Waals surface area contributed by atoms with E-state index in [0.717, 1.165) is 22.6 Å². The van der Waals surface area contributed by atoms with E-state index in [1.807, 2.05) is 33.2 Å². The summed E-state index contributed by atoms with van der Waals surface area (Å²) in [5.41, 5.74) is 9.89. The summed E-state index contributed by atoms with van der Waals surface area (Å²) in [6.45, 7) is 1.79. The number of nitrogens with zero attached hydrogens (tertiary/aromatic N) is 4. The smallest absolute Gasteiger partial charge is 0.154 e. The third-order valence-corrected chi connectivity index (χ3v) is 4.46. The lowest BCUT2D eigenvalue weighted by atomic mass is 9.94. The standard InChI is InChI=1S/C18H23N5O/c1-4-18(19,12-24)16-9-10-17-20-11-15(23(17)21-16)13-5-7-14(8-6-13)22(2)3/h5-11,24H,4,12,19H2,1-3H3. The molecular weight excluding hydrogens is 302 g/mol. The zero-order chi connectivity index (χ0) is 17.3. The Hall–Kier alpha value is -2.44. The van der Waals surface area contributed by atoms with Crippen molar-refractivity contribution in [1.82, 2.24) is 14.6 Å². The summed E-state index contributed by atoms with van der Waals surface area (Å²) >= 11 is 0. The summed E-state index contributed by atoms with van der Waals surface area (Å²) in [6, 6.07) is 11.9. The van der Waals surface area contributed by atoms with Gasteiger partial charge in [0.15, 0.2) is 5.65 Å². The van der Waals surface area contributed by atoms with Gasteiger partial charge in [0.25, 0.3) is 0 Å². The van der Waals surface area contributed by atoms with Crippen LogP contribution in [-0.4, -0.2) is 40.4 Å². The number of imidazole rings is 1. The molecule has 1 aromatic carbocycles. The van der Waals surface area contributed by atoms with E-state index in [-0.39, 0.29) is 6.61 Å². The van der Waals surface area contributed by atoms with E-state index in [9.17, 15) is 5.11 Å². The highest BCUT2D eigenvalue weighted by Gasteiger charge is 2.27. The summed E-state index contributed by atoms with van der Waals surface area (Å²) in [5.74, 6) is 0. The predicted octanol–water partition coefficient (Wildman–Crippen LogP) is 2.02. The van der Waals surface area contributed by atoms with Crippen molar-refractivity contribution in [2.45, 2.75) is 18.9 Å². The Labute approximate surface area is 141 Å². The molecule has 2 heterocycles. The molecule has 6 nitrogen and oxygen atoms in total. The minimum atomic E-state index is -0.843. The van der Waals surface area contributed by atoms with Gasteiger partial charge in [-0.3, -0.25) is 0 Å². The molecule has 6 heteroatoms. The molecule has 0 spiro atoms. The first-order valence-corrected chi connectivity index (χ1v) is 8.01. The van der Waals surface area contributed by atoms with Crippen molar-refractivity contribution >= 4 is 11.3 Å².